The number of nitrogens with zero attached hydrogens (tertiary/aromatic N) is 1. The van der Waals surface area contributed by atoms with Crippen molar-refractivity contribution in [3.05, 3.63) is 24.8 Å². The Kier molecular flexibility index (Phi) is 3.77. The maximum absolute atomic E-state index is 4.03. The van der Waals surface area contributed by atoms with Gasteiger partial charge in [0.15, 0.2) is 0 Å². The molecular weight excluding hydrogens is 182 g/mol. The monoisotopic (exact) mass is 207 g/mol. The summed E-state index contributed by atoms with van der Waals surface area (Å²) in [6.07, 6.45) is 10.4. The molecule has 2 unspecified atom stereocenters. The summed E-state index contributed by atoms with van der Waals surface area (Å²) in [5, 5.41) is 0. The highest BCUT2D eigenvalue weighted by Gasteiger charge is 2.51. The van der Waals surface area contributed by atoms with Crippen LogP contribution in [0.2, 0.25) is 0 Å². The highest BCUT2D eigenvalue weighted by atomic mass is 15.2. The van der Waals surface area contributed by atoms with Gasteiger partial charge in [-0.15, -0.1) is 6.58 Å². The lowest BCUT2D eigenvalue weighted by Crippen LogP contribution is -2.60. The highest BCUT2D eigenvalue weighted by molar-refractivity contribution is 5.37. The molecule has 0 heterocycles. The molecule has 0 aliphatic heterocycles. The van der Waals surface area contributed by atoms with Crippen LogP contribution in [0.1, 0.15) is 40.0 Å². The Hall–Kier alpha value is -0.560. The molecule has 2 atom stereocenters. The van der Waals surface area contributed by atoms with Gasteiger partial charge in [-0.1, -0.05) is 39.0 Å². The molecule has 0 bridgehead atoms. The average molecular weight is 207 g/mol. The zero-order valence-corrected chi connectivity index (χ0v) is 10.7. The third kappa shape index (κ3) is 1.57. The van der Waals surface area contributed by atoms with Gasteiger partial charge in [0.2, 0.25) is 0 Å². The topological polar surface area (TPSA) is 3.24 Å². The van der Waals surface area contributed by atoms with Crippen molar-refractivity contribution >= 4 is 0 Å². The third-order valence-electron chi connectivity index (χ3n) is 4.19. The Morgan fingerprint density at radius 1 is 1.20 bits per heavy atom. The van der Waals surface area contributed by atoms with Crippen LogP contribution in [0.4, 0.5) is 0 Å². The van der Waals surface area contributed by atoms with Crippen molar-refractivity contribution in [1.82, 2.24) is 4.90 Å². The summed E-state index contributed by atoms with van der Waals surface area (Å²) in [4.78, 5) is 2.50. The van der Waals surface area contributed by atoms with Crippen LogP contribution in [0, 0.1) is 5.41 Å². The van der Waals surface area contributed by atoms with E-state index < -0.39 is 0 Å². The van der Waals surface area contributed by atoms with E-state index in [1.54, 1.807) is 0 Å². The van der Waals surface area contributed by atoms with Crippen molar-refractivity contribution in [1.29, 1.82) is 0 Å². The van der Waals surface area contributed by atoms with E-state index >= 15 is 0 Å². The molecule has 0 aromatic rings. The Balaban J connectivity index is 2.97. The third-order valence-corrected chi connectivity index (χ3v) is 4.19. The molecule has 1 rings (SSSR count). The number of likely N-dealkylation sites (N-methyl/N-ethyl adjacent to an activating group) is 1. The first kappa shape index (κ1) is 12.5. The molecule has 0 N–H and O–H groups in total. The number of hydrogen-bond acceptors (Lipinski definition) is 1. The minimum absolute atomic E-state index is 0.200. The highest BCUT2D eigenvalue weighted by Crippen LogP contribution is 2.51. The molecule has 0 aromatic heterocycles. The zero-order chi connectivity index (χ0) is 11.5. The van der Waals surface area contributed by atoms with Gasteiger partial charge in [0.1, 0.15) is 0 Å². The van der Waals surface area contributed by atoms with E-state index in [2.05, 4.69) is 57.5 Å². The lowest BCUT2D eigenvalue weighted by Gasteiger charge is -2.57. The maximum atomic E-state index is 4.03. The first-order valence-corrected chi connectivity index (χ1v) is 6.17. The van der Waals surface area contributed by atoms with E-state index in [-0.39, 0.29) is 11.0 Å². The Bertz CT molecular complexity index is 256. The standard InChI is InChI=1S/C14H25N/c1-6-12-15(5)14(9-4)11-10-13(14,7-2)8-3/h7,10-11H,2,6,8-9,12H2,1,3-5H3. The lowest BCUT2D eigenvalue weighted by atomic mass is 9.57. The van der Waals surface area contributed by atoms with Crippen molar-refractivity contribution in [3.63, 3.8) is 0 Å². The van der Waals surface area contributed by atoms with Gasteiger partial charge in [0, 0.05) is 5.41 Å². The summed E-state index contributed by atoms with van der Waals surface area (Å²) in [5.74, 6) is 0. The Labute approximate surface area is 94.9 Å². The van der Waals surface area contributed by atoms with Gasteiger partial charge in [-0.05, 0) is 32.9 Å². The molecule has 1 aliphatic carbocycles. The van der Waals surface area contributed by atoms with Crippen LogP contribution in [-0.2, 0) is 0 Å². The van der Waals surface area contributed by atoms with E-state index in [0.29, 0.717) is 0 Å². The maximum Gasteiger partial charge on any atom is 0.0511 e. The van der Waals surface area contributed by atoms with Crippen LogP contribution in [0.3, 0.4) is 0 Å². The van der Waals surface area contributed by atoms with Gasteiger partial charge < -0.3 is 0 Å². The summed E-state index contributed by atoms with van der Waals surface area (Å²) in [5.41, 5.74) is 0.422. The largest absolute Gasteiger partial charge is 0.296 e. The Morgan fingerprint density at radius 2 is 1.87 bits per heavy atom. The quantitative estimate of drug-likeness (QED) is 0.601. The van der Waals surface area contributed by atoms with Gasteiger partial charge in [0.25, 0.3) is 0 Å². The molecular formula is C14H25N. The minimum Gasteiger partial charge on any atom is -0.296 e. The van der Waals surface area contributed by atoms with Crippen molar-refractivity contribution in [3.8, 4) is 0 Å². The fourth-order valence-corrected chi connectivity index (χ4v) is 3.04. The molecule has 0 radical (unpaired) electrons. The first-order chi connectivity index (χ1) is 7.12. The van der Waals surface area contributed by atoms with Crippen LogP contribution in [0.5, 0.6) is 0 Å². The van der Waals surface area contributed by atoms with Crippen LogP contribution in [0.15, 0.2) is 24.8 Å². The lowest BCUT2D eigenvalue weighted by molar-refractivity contribution is 0.0475. The molecule has 0 spiro atoms. The van der Waals surface area contributed by atoms with E-state index in [9.17, 15) is 0 Å². The van der Waals surface area contributed by atoms with Gasteiger partial charge in [-0.25, -0.2) is 0 Å². The summed E-state index contributed by atoms with van der Waals surface area (Å²) in [6.45, 7) is 12.0. The molecule has 0 fully saturated rings. The molecule has 86 valence electrons. The van der Waals surface area contributed by atoms with Gasteiger partial charge in [0.05, 0.1) is 5.54 Å². The smallest absolute Gasteiger partial charge is 0.0511 e. The van der Waals surface area contributed by atoms with E-state index in [0.717, 1.165) is 13.0 Å². The van der Waals surface area contributed by atoms with E-state index in [1.165, 1.54) is 12.8 Å². The predicted molar refractivity (Wildman–Crippen MR) is 68.0 cm³/mol. The molecule has 0 saturated heterocycles. The predicted octanol–water partition coefficient (Wildman–Crippen LogP) is 3.63. The molecule has 0 amide bonds. The van der Waals surface area contributed by atoms with Gasteiger partial charge in [-0.2, -0.15) is 0 Å². The van der Waals surface area contributed by atoms with Crippen molar-refractivity contribution in [2.45, 2.75) is 45.6 Å². The summed E-state index contributed by atoms with van der Waals surface area (Å²) in [6, 6.07) is 0. The first-order valence-electron chi connectivity index (χ1n) is 6.17. The fourth-order valence-electron chi connectivity index (χ4n) is 3.04. The van der Waals surface area contributed by atoms with Crippen LogP contribution in [0.25, 0.3) is 0 Å². The van der Waals surface area contributed by atoms with E-state index in [1.807, 2.05) is 0 Å². The fraction of sp³-hybridized carbons (Fsp3) is 0.714. The van der Waals surface area contributed by atoms with Crippen LogP contribution >= 0.6 is 0 Å². The molecule has 0 saturated carbocycles. The van der Waals surface area contributed by atoms with Crippen molar-refractivity contribution < 1.29 is 0 Å². The Morgan fingerprint density at radius 3 is 2.13 bits per heavy atom. The van der Waals surface area contributed by atoms with Gasteiger partial charge >= 0.3 is 0 Å². The second-order valence-electron chi connectivity index (χ2n) is 4.63. The average Bonchev–Trinajstić information content (AvgIpc) is 2.20. The molecule has 1 nitrogen and oxygen atoms in total. The summed E-state index contributed by atoms with van der Waals surface area (Å²) in [7, 11) is 2.24. The van der Waals surface area contributed by atoms with Crippen molar-refractivity contribution in [2.24, 2.45) is 5.41 Å². The second kappa shape index (κ2) is 4.52. The number of rotatable bonds is 6. The summed E-state index contributed by atoms with van der Waals surface area (Å²) >= 11 is 0. The normalized spacial score (nSPS) is 34.2. The molecule has 1 heteroatoms. The molecule has 1 aliphatic rings. The van der Waals surface area contributed by atoms with Crippen LogP contribution in [-0.4, -0.2) is 24.0 Å². The minimum atomic E-state index is 0.200. The molecule has 0 aromatic carbocycles. The molecule has 15 heavy (non-hydrogen) atoms. The summed E-state index contributed by atoms with van der Waals surface area (Å²) < 4.78 is 0. The second-order valence-corrected chi connectivity index (χ2v) is 4.63. The number of hydrogen-bond donors (Lipinski definition) is 0. The SMILES string of the molecule is C=CC1(CC)C=CC1(CC)N(C)CCC. The zero-order valence-electron chi connectivity index (χ0n) is 10.7. The van der Waals surface area contributed by atoms with Crippen LogP contribution < -0.4 is 0 Å². The van der Waals surface area contributed by atoms with Crippen molar-refractivity contribution in [2.75, 3.05) is 13.6 Å². The van der Waals surface area contributed by atoms with Gasteiger partial charge in [-0.3, -0.25) is 4.90 Å². The van der Waals surface area contributed by atoms with E-state index in [4.69, 9.17) is 0 Å².